The Hall–Kier alpha value is -1.56. The van der Waals surface area contributed by atoms with Gasteiger partial charge in [0.15, 0.2) is 0 Å². The van der Waals surface area contributed by atoms with Crippen LogP contribution in [0.2, 0.25) is 0 Å². The zero-order valence-corrected chi connectivity index (χ0v) is 13.4. The zero-order chi connectivity index (χ0) is 15.4. The van der Waals surface area contributed by atoms with E-state index in [4.69, 9.17) is 9.84 Å². The summed E-state index contributed by atoms with van der Waals surface area (Å²) in [5.41, 5.74) is 0.936. The first-order chi connectivity index (χ1) is 10.0. The number of carboxylic acids is 1. The minimum Gasteiger partial charge on any atom is -0.496 e. The van der Waals surface area contributed by atoms with Crippen molar-refractivity contribution in [1.82, 2.24) is 4.90 Å². The summed E-state index contributed by atoms with van der Waals surface area (Å²) in [6.07, 6.45) is 2.12. The molecule has 0 bridgehead atoms. The van der Waals surface area contributed by atoms with Crippen molar-refractivity contribution in [1.29, 1.82) is 0 Å². The van der Waals surface area contributed by atoms with Crippen LogP contribution in [0.1, 0.15) is 24.8 Å². The van der Waals surface area contributed by atoms with Crippen molar-refractivity contribution < 1.29 is 19.4 Å². The Labute approximate surface area is 132 Å². The van der Waals surface area contributed by atoms with E-state index >= 15 is 0 Å². The lowest BCUT2D eigenvalue weighted by Crippen LogP contribution is -2.40. The molecule has 0 aliphatic carbocycles. The second kappa shape index (κ2) is 6.93. The van der Waals surface area contributed by atoms with Crippen molar-refractivity contribution in [3.8, 4) is 5.75 Å². The molecular formula is C15H18BrNO4. The van der Waals surface area contributed by atoms with Crippen LogP contribution >= 0.6 is 15.9 Å². The summed E-state index contributed by atoms with van der Waals surface area (Å²) in [5.74, 6) is -0.287. The number of methoxy groups -OCH3 is 1. The van der Waals surface area contributed by atoms with Crippen LogP contribution in [0.25, 0.3) is 0 Å². The van der Waals surface area contributed by atoms with Gasteiger partial charge in [0.2, 0.25) is 5.91 Å². The molecule has 1 N–H and O–H groups in total. The fourth-order valence-corrected chi connectivity index (χ4v) is 3.06. The number of ether oxygens (including phenoxy) is 1. The van der Waals surface area contributed by atoms with Crippen LogP contribution in [-0.4, -0.2) is 41.6 Å². The molecule has 5 nitrogen and oxygen atoms in total. The molecule has 0 radical (unpaired) electrons. The first-order valence-corrected chi connectivity index (χ1v) is 7.67. The fourth-order valence-electron chi connectivity index (χ4n) is 2.65. The highest BCUT2D eigenvalue weighted by atomic mass is 79.9. The Morgan fingerprint density at radius 1 is 1.48 bits per heavy atom. The van der Waals surface area contributed by atoms with E-state index in [-0.39, 0.29) is 12.3 Å². The fraction of sp³-hybridized carbons (Fsp3) is 0.467. The summed E-state index contributed by atoms with van der Waals surface area (Å²) in [7, 11) is 1.59. The van der Waals surface area contributed by atoms with Crippen LogP contribution in [0, 0.1) is 0 Å². The summed E-state index contributed by atoms with van der Waals surface area (Å²) in [6.45, 7) is 0.533. The maximum atomic E-state index is 12.2. The quantitative estimate of drug-likeness (QED) is 0.880. The average Bonchev–Trinajstić information content (AvgIpc) is 2.94. The molecular weight excluding hydrogens is 338 g/mol. The van der Waals surface area contributed by atoms with E-state index in [0.29, 0.717) is 19.4 Å². The summed E-state index contributed by atoms with van der Waals surface area (Å²) in [4.78, 5) is 24.8. The van der Waals surface area contributed by atoms with Gasteiger partial charge in [-0.3, -0.25) is 4.79 Å². The second-order valence-corrected chi connectivity index (χ2v) is 5.96. The largest absolute Gasteiger partial charge is 0.496 e. The van der Waals surface area contributed by atoms with Crippen LogP contribution in [0.15, 0.2) is 22.7 Å². The number of carbonyl (C=O) groups is 2. The normalized spacial score (nSPS) is 17.8. The van der Waals surface area contributed by atoms with Gasteiger partial charge in [0, 0.05) is 17.4 Å². The molecule has 0 saturated carbocycles. The molecule has 1 heterocycles. The Kier molecular flexibility index (Phi) is 5.22. The number of carboxylic acid groups (broad SMARTS) is 1. The maximum Gasteiger partial charge on any atom is 0.326 e. The van der Waals surface area contributed by atoms with Gasteiger partial charge in [-0.05, 0) is 43.0 Å². The van der Waals surface area contributed by atoms with Crippen LogP contribution < -0.4 is 4.74 Å². The van der Waals surface area contributed by atoms with Crippen molar-refractivity contribution in [2.45, 2.75) is 31.7 Å². The van der Waals surface area contributed by atoms with Crippen LogP contribution in [0.4, 0.5) is 0 Å². The Morgan fingerprint density at radius 2 is 2.24 bits per heavy atom. The van der Waals surface area contributed by atoms with Crippen molar-refractivity contribution in [3.05, 3.63) is 28.2 Å². The lowest BCUT2D eigenvalue weighted by Gasteiger charge is -2.21. The van der Waals surface area contributed by atoms with Gasteiger partial charge in [0.1, 0.15) is 11.8 Å². The van der Waals surface area contributed by atoms with Gasteiger partial charge in [-0.15, -0.1) is 0 Å². The molecule has 0 unspecified atom stereocenters. The van der Waals surface area contributed by atoms with Gasteiger partial charge in [-0.25, -0.2) is 4.79 Å². The number of halogens is 1. The smallest absolute Gasteiger partial charge is 0.326 e. The van der Waals surface area contributed by atoms with Crippen LogP contribution in [-0.2, 0) is 16.0 Å². The van der Waals surface area contributed by atoms with Crippen molar-refractivity contribution in [3.63, 3.8) is 0 Å². The summed E-state index contributed by atoms with van der Waals surface area (Å²) in [5, 5.41) is 9.12. The SMILES string of the molecule is COc1ccc(Br)cc1CCC(=O)N1CCC[C@@H]1C(=O)O. The van der Waals surface area contributed by atoms with Gasteiger partial charge in [-0.2, -0.15) is 0 Å². The molecule has 1 aromatic rings. The summed E-state index contributed by atoms with van der Waals surface area (Å²) >= 11 is 3.40. The number of aliphatic carboxylic acids is 1. The number of likely N-dealkylation sites (tertiary alicyclic amines) is 1. The van der Waals surface area contributed by atoms with Gasteiger partial charge in [0.05, 0.1) is 7.11 Å². The van der Waals surface area contributed by atoms with Crippen molar-refractivity contribution >= 4 is 27.8 Å². The van der Waals surface area contributed by atoms with E-state index in [9.17, 15) is 9.59 Å². The third kappa shape index (κ3) is 3.75. The standard InChI is InChI=1S/C15H18BrNO4/c1-21-13-6-5-11(16)9-10(13)4-7-14(18)17-8-2-3-12(17)15(19)20/h5-6,9,12H,2-4,7-8H2,1H3,(H,19,20)/t12-/m1/s1. The lowest BCUT2D eigenvalue weighted by molar-refractivity contribution is -0.148. The van der Waals surface area contributed by atoms with Gasteiger partial charge in [-0.1, -0.05) is 15.9 Å². The Bertz CT molecular complexity index is 546. The third-order valence-corrected chi connectivity index (χ3v) is 4.20. The van der Waals surface area contributed by atoms with Gasteiger partial charge < -0.3 is 14.7 Å². The molecule has 1 aromatic carbocycles. The average molecular weight is 356 g/mol. The number of nitrogens with zero attached hydrogens (tertiary/aromatic N) is 1. The predicted octanol–water partition coefficient (Wildman–Crippen LogP) is 2.47. The molecule has 1 amide bonds. The Morgan fingerprint density at radius 3 is 2.90 bits per heavy atom. The Balaban J connectivity index is 2.01. The van der Waals surface area contributed by atoms with E-state index in [1.54, 1.807) is 7.11 Å². The second-order valence-electron chi connectivity index (χ2n) is 5.04. The molecule has 0 aromatic heterocycles. The first-order valence-electron chi connectivity index (χ1n) is 6.87. The third-order valence-electron chi connectivity index (χ3n) is 3.71. The highest BCUT2D eigenvalue weighted by Gasteiger charge is 2.33. The topological polar surface area (TPSA) is 66.8 Å². The van der Waals surface area contributed by atoms with E-state index in [1.165, 1.54) is 4.90 Å². The molecule has 6 heteroatoms. The monoisotopic (exact) mass is 355 g/mol. The van der Waals surface area contributed by atoms with E-state index in [2.05, 4.69) is 15.9 Å². The number of rotatable bonds is 5. The molecule has 114 valence electrons. The van der Waals surface area contributed by atoms with Gasteiger partial charge >= 0.3 is 5.97 Å². The summed E-state index contributed by atoms with van der Waals surface area (Å²) < 4.78 is 6.20. The number of amides is 1. The van der Waals surface area contributed by atoms with Crippen LogP contribution in [0.3, 0.4) is 0 Å². The molecule has 1 atom stereocenters. The van der Waals surface area contributed by atoms with E-state index < -0.39 is 12.0 Å². The number of aryl methyl sites for hydroxylation is 1. The number of hydrogen-bond acceptors (Lipinski definition) is 3. The zero-order valence-electron chi connectivity index (χ0n) is 11.8. The highest BCUT2D eigenvalue weighted by molar-refractivity contribution is 9.10. The molecule has 21 heavy (non-hydrogen) atoms. The molecule has 2 rings (SSSR count). The number of hydrogen-bond donors (Lipinski definition) is 1. The molecule has 1 aliphatic heterocycles. The number of benzene rings is 1. The van der Waals surface area contributed by atoms with Crippen LogP contribution in [0.5, 0.6) is 5.75 Å². The molecule has 1 aliphatic rings. The van der Waals surface area contributed by atoms with E-state index in [1.807, 2.05) is 18.2 Å². The maximum absolute atomic E-state index is 12.2. The minimum absolute atomic E-state index is 0.109. The summed E-state index contributed by atoms with van der Waals surface area (Å²) in [6, 6.07) is 4.98. The predicted molar refractivity (Wildman–Crippen MR) is 81.4 cm³/mol. The molecule has 1 saturated heterocycles. The van der Waals surface area contributed by atoms with Crippen molar-refractivity contribution in [2.24, 2.45) is 0 Å². The molecule has 1 fully saturated rings. The van der Waals surface area contributed by atoms with Gasteiger partial charge in [0.25, 0.3) is 0 Å². The first kappa shape index (κ1) is 15.8. The van der Waals surface area contributed by atoms with E-state index in [0.717, 1.165) is 22.2 Å². The molecule has 0 spiro atoms. The minimum atomic E-state index is -0.916. The highest BCUT2D eigenvalue weighted by Crippen LogP contribution is 2.25. The van der Waals surface area contributed by atoms with Crippen molar-refractivity contribution in [2.75, 3.05) is 13.7 Å². The lowest BCUT2D eigenvalue weighted by atomic mass is 10.1. The number of carbonyl (C=O) groups excluding carboxylic acids is 1.